The molecule has 1 amide bonds. The fourth-order valence-corrected chi connectivity index (χ4v) is 4.88. The van der Waals surface area contributed by atoms with Crippen molar-refractivity contribution in [3.8, 4) is 5.75 Å². The Bertz CT molecular complexity index is 1250. The molecular formula is C27H23N3O2. The van der Waals surface area contributed by atoms with E-state index < -0.39 is 0 Å². The van der Waals surface area contributed by atoms with Crippen molar-refractivity contribution in [2.75, 3.05) is 13.2 Å². The van der Waals surface area contributed by atoms with Gasteiger partial charge in [0.25, 0.3) is 5.91 Å². The predicted octanol–water partition coefficient (Wildman–Crippen LogP) is 4.03. The molecule has 6 rings (SSSR count). The zero-order chi connectivity index (χ0) is 21.5. The van der Waals surface area contributed by atoms with Crippen LogP contribution in [0.4, 0.5) is 0 Å². The number of hydrogen-bond acceptors (Lipinski definition) is 4. The molecule has 2 aromatic rings. The Morgan fingerprint density at radius 3 is 3.09 bits per heavy atom. The van der Waals surface area contributed by atoms with Crippen LogP contribution in [0.5, 0.6) is 5.75 Å². The Balaban J connectivity index is 1.44. The van der Waals surface area contributed by atoms with Gasteiger partial charge in [0.2, 0.25) is 0 Å². The van der Waals surface area contributed by atoms with Crippen molar-refractivity contribution in [2.24, 2.45) is 0 Å². The Morgan fingerprint density at radius 1 is 1.22 bits per heavy atom. The number of hydrogen-bond donors (Lipinski definition) is 1. The number of fused-ring (bicyclic) bond motifs is 3. The highest BCUT2D eigenvalue weighted by atomic mass is 16.5. The van der Waals surface area contributed by atoms with Crippen LogP contribution >= 0.6 is 0 Å². The van der Waals surface area contributed by atoms with Gasteiger partial charge in [-0.2, -0.15) is 0 Å². The number of nitrogens with one attached hydrogen (secondary N) is 1. The summed E-state index contributed by atoms with van der Waals surface area (Å²) in [6.07, 6.45) is 17.2. The highest BCUT2D eigenvalue weighted by molar-refractivity contribution is 5.99. The third kappa shape index (κ3) is 3.17. The van der Waals surface area contributed by atoms with Crippen molar-refractivity contribution in [1.82, 2.24) is 15.2 Å². The Labute approximate surface area is 187 Å². The van der Waals surface area contributed by atoms with Gasteiger partial charge in [-0.05, 0) is 59.0 Å². The highest BCUT2D eigenvalue weighted by Gasteiger charge is 2.36. The van der Waals surface area contributed by atoms with Crippen molar-refractivity contribution in [1.29, 1.82) is 0 Å². The Kier molecular flexibility index (Phi) is 4.53. The maximum absolute atomic E-state index is 13.4. The minimum Gasteiger partial charge on any atom is -0.493 e. The maximum atomic E-state index is 13.4. The van der Waals surface area contributed by atoms with Crippen LogP contribution in [0.15, 0.2) is 89.9 Å². The van der Waals surface area contributed by atoms with Crippen LogP contribution < -0.4 is 10.1 Å². The van der Waals surface area contributed by atoms with Crippen LogP contribution in [0, 0.1) is 0 Å². The third-order valence-electron chi connectivity index (χ3n) is 6.40. The molecule has 1 atom stereocenters. The zero-order valence-corrected chi connectivity index (χ0v) is 17.6. The minimum absolute atomic E-state index is 0.0279. The maximum Gasteiger partial charge on any atom is 0.251 e. The molecule has 1 N–H and O–H groups in total. The molecule has 1 unspecified atom stereocenters. The first-order valence-electron chi connectivity index (χ1n) is 11.0. The number of carbonyl (C=O) groups is 1. The Morgan fingerprint density at radius 2 is 2.19 bits per heavy atom. The van der Waals surface area contributed by atoms with Gasteiger partial charge < -0.3 is 15.0 Å². The van der Waals surface area contributed by atoms with E-state index in [1.54, 1.807) is 18.5 Å². The van der Waals surface area contributed by atoms with Gasteiger partial charge in [-0.15, -0.1) is 0 Å². The predicted molar refractivity (Wildman–Crippen MR) is 124 cm³/mol. The van der Waals surface area contributed by atoms with Crippen molar-refractivity contribution in [3.05, 3.63) is 107 Å². The topological polar surface area (TPSA) is 54.5 Å². The first-order valence-corrected chi connectivity index (χ1v) is 11.0. The van der Waals surface area contributed by atoms with Crippen molar-refractivity contribution in [3.63, 3.8) is 0 Å². The number of aromatic nitrogens is 1. The van der Waals surface area contributed by atoms with E-state index >= 15 is 0 Å². The summed E-state index contributed by atoms with van der Waals surface area (Å²) in [5.41, 5.74) is 7.78. The summed E-state index contributed by atoms with van der Waals surface area (Å²) in [4.78, 5) is 19.4. The lowest BCUT2D eigenvalue weighted by molar-refractivity contribution is -0.123. The molecule has 0 radical (unpaired) electrons. The molecule has 32 heavy (non-hydrogen) atoms. The van der Waals surface area contributed by atoms with Gasteiger partial charge in [-0.3, -0.25) is 9.78 Å². The van der Waals surface area contributed by atoms with E-state index in [0.29, 0.717) is 13.2 Å². The molecule has 1 aromatic carbocycles. The molecule has 5 nitrogen and oxygen atoms in total. The normalized spacial score (nSPS) is 20.9. The molecule has 5 heteroatoms. The summed E-state index contributed by atoms with van der Waals surface area (Å²) in [7, 11) is 0. The standard InChI is InChI=1S/C27H23N3O2/c31-25(10-7-18-4-3-13-28-17-18)30-14-11-22-21-5-1-2-6-23(21)29-26(22)27(30)20-8-9-24-19(16-20)12-15-32-24/h1-10,13,16-17,23,29H,11-12,14-15H2/b10-7+. The smallest absolute Gasteiger partial charge is 0.251 e. The molecular weight excluding hydrogens is 398 g/mol. The Hall–Kier alpha value is -3.86. The van der Waals surface area contributed by atoms with Crippen LogP contribution in [0.1, 0.15) is 23.1 Å². The molecule has 0 saturated carbocycles. The van der Waals surface area contributed by atoms with E-state index in [2.05, 4.69) is 46.7 Å². The largest absolute Gasteiger partial charge is 0.493 e. The SMILES string of the molecule is O=C(/C=C/c1cccnc1)N1CCC2=C3C=CC=CC3NC2=C1c1ccc2c(c1)CCO2. The zero-order valence-electron chi connectivity index (χ0n) is 17.6. The first-order chi connectivity index (χ1) is 15.8. The monoisotopic (exact) mass is 421 g/mol. The fraction of sp³-hybridized carbons (Fsp3) is 0.185. The minimum atomic E-state index is -0.0279. The summed E-state index contributed by atoms with van der Waals surface area (Å²) >= 11 is 0. The van der Waals surface area contributed by atoms with Gasteiger partial charge in [-0.1, -0.05) is 30.4 Å². The van der Waals surface area contributed by atoms with E-state index in [1.807, 2.05) is 29.2 Å². The van der Waals surface area contributed by atoms with Crippen LogP contribution in [0.25, 0.3) is 11.8 Å². The summed E-state index contributed by atoms with van der Waals surface area (Å²) in [5.74, 6) is 0.918. The second-order valence-electron chi connectivity index (χ2n) is 8.30. The number of nitrogens with zero attached hydrogens (tertiary/aromatic N) is 2. The second kappa shape index (κ2) is 7.68. The highest BCUT2D eigenvalue weighted by Crippen LogP contribution is 2.41. The lowest BCUT2D eigenvalue weighted by atomic mass is 9.93. The van der Waals surface area contributed by atoms with Crippen LogP contribution in [-0.4, -0.2) is 35.0 Å². The molecule has 1 aromatic heterocycles. The molecule has 4 heterocycles. The summed E-state index contributed by atoms with van der Waals surface area (Å²) < 4.78 is 5.71. The van der Waals surface area contributed by atoms with Gasteiger partial charge in [0.1, 0.15) is 5.75 Å². The number of rotatable bonds is 3. The van der Waals surface area contributed by atoms with Gasteiger partial charge >= 0.3 is 0 Å². The fourth-order valence-electron chi connectivity index (χ4n) is 4.88. The molecule has 1 aliphatic carbocycles. The molecule has 0 bridgehead atoms. The third-order valence-corrected chi connectivity index (χ3v) is 6.40. The van der Waals surface area contributed by atoms with E-state index in [9.17, 15) is 4.79 Å². The summed E-state index contributed by atoms with van der Waals surface area (Å²) in [6, 6.07) is 10.3. The van der Waals surface area contributed by atoms with E-state index in [-0.39, 0.29) is 11.9 Å². The number of pyridine rings is 1. The number of carbonyl (C=O) groups excluding carboxylic acids is 1. The van der Waals surface area contributed by atoms with Gasteiger partial charge in [0.05, 0.1) is 24.0 Å². The molecule has 158 valence electrons. The second-order valence-corrected chi connectivity index (χ2v) is 8.30. The van der Waals surface area contributed by atoms with E-state index in [4.69, 9.17) is 4.74 Å². The van der Waals surface area contributed by atoms with Crippen molar-refractivity contribution in [2.45, 2.75) is 18.9 Å². The molecule has 0 fully saturated rings. The molecule has 0 spiro atoms. The number of benzene rings is 1. The quantitative estimate of drug-likeness (QED) is 0.761. The summed E-state index contributed by atoms with van der Waals surface area (Å²) in [6.45, 7) is 1.36. The average molecular weight is 422 g/mol. The molecule has 0 saturated heterocycles. The lowest BCUT2D eigenvalue weighted by Crippen LogP contribution is -2.35. The number of amides is 1. The van der Waals surface area contributed by atoms with Gasteiger partial charge in [0.15, 0.2) is 0 Å². The number of allylic oxidation sites excluding steroid dienone is 3. The first kappa shape index (κ1) is 18.9. The molecule has 4 aliphatic rings. The van der Waals surface area contributed by atoms with E-state index in [1.165, 1.54) is 16.7 Å². The van der Waals surface area contributed by atoms with Crippen LogP contribution in [0.2, 0.25) is 0 Å². The van der Waals surface area contributed by atoms with Crippen molar-refractivity contribution >= 4 is 17.7 Å². The van der Waals surface area contributed by atoms with Gasteiger partial charge in [-0.25, -0.2) is 0 Å². The van der Waals surface area contributed by atoms with Crippen LogP contribution in [0.3, 0.4) is 0 Å². The lowest BCUT2D eigenvalue weighted by Gasteiger charge is -2.32. The number of ether oxygens (including phenoxy) is 1. The molecule has 3 aliphatic heterocycles. The van der Waals surface area contributed by atoms with Gasteiger partial charge in [0, 0.05) is 37.0 Å². The average Bonchev–Trinajstić information content (AvgIpc) is 3.46. The summed E-state index contributed by atoms with van der Waals surface area (Å²) in [5, 5.41) is 3.68. The van der Waals surface area contributed by atoms with Crippen molar-refractivity contribution < 1.29 is 9.53 Å². The van der Waals surface area contributed by atoms with E-state index in [0.717, 1.165) is 41.1 Å². The van der Waals surface area contributed by atoms with Crippen LogP contribution in [-0.2, 0) is 11.2 Å².